The lowest BCUT2D eigenvalue weighted by atomic mass is 10.1. The van der Waals surface area contributed by atoms with Crippen LogP contribution in [0.15, 0.2) is 48.5 Å². The Morgan fingerprint density at radius 1 is 1.07 bits per heavy atom. The second-order valence-electron chi connectivity index (χ2n) is 7.37. The molecule has 0 saturated carbocycles. The Morgan fingerprint density at radius 2 is 1.79 bits per heavy atom. The van der Waals surface area contributed by atoms with Gasteiger partial charge in [0.15, 0.2) is 0 Å². The average molecular weight is 395 g/mol. The highest BCUT2D eigenvalue weighted by Gasteiger charge is 2.21. The Bertz CT molecular complexity index is 929. The monoisotopic (exact) mass is 394 g/mol. The minimum absolute atomic E-state index is 0.156. The van der Waals surface area contributed by atoms with E-state index in [4.69, 9.17) is 0 Å². The Labute approximate surface area is 170 Å². The first-order chi connectivity index (χ1) is 13.6. The predicted molar refractivity (Wildman–Crippen MR) is 116 cm³/mol. The molecule has 0 atom stereocenters. The molecule has 1 aromatic heterocycles. The first kappa shape index (κ1) is 18.9. The molecule has 0 N–H and O–H groups in total. The Hall–Kier alpha value is -2.44. The van der Waals surface area contributed by atoms with Crippen LogP contribution in [0.25, 0.3) is 10.2 Å². The van der Waals surface area contributed by atoms with Gasteiger partial charge in [0.25, 0.3) is 0 Å². The molecule has 0 spiro atoms. The molecule has 6 heteroatoms. The van der Waals surface area contributed by atoms with E-state index in [1.54, 1.807) is 16.2 Å². The van der Waals surface area contributed by atoms with Crippen LogP contribution in [-0.4, -0.2) is 60.5 Å². The van der Waals surface area contributed by atoms with Gasteiger partial charge < -0.3 is 9.80 Å². The van der Waals surface area contributed by atoms with Gasteiger partial charge in [0.1, 0.15) is 5.01 Å². The summed E-state index contributed by atoms with van der Waals surface area (Å²) < 4.78 is 1.17. The van der Waals surface area contributed by atoms with E-state index in [1.807, 2.05) is 25.2 Å². The summed E-state index contributed by atoms with van der Waals surface area (Å²) >= 11 is 1.66. The number of carbonyl (C=O) groups is 1. The SMILES string of the molecule is Cc1ccccc1N1CCN(CC(=O)N(C)Cc2nc3ccccc3s2)CC1. The summed E-state index contributed by atoms with van der Waals surface area (Å²) in [6.07, 6.45) is 0. The number of aromatic nitrogens is 1. The molecule has 1 fully saturated rings. The standard InChI is InChI=1S/C22H26N4OS/c1-17-7-3-5-9-19(17)26-13-11-25(12-14-26)16-22(27)24(2)15-21-23-18-8-4-6-10-20(18)28-21/h3-10H,11-16H2,1-2H3. The molecule has 1 saturated heterocycles. The highest BCUT2D eigenvalue weighted by molar-refractivity contribution is 7.18. The summed E-state index contributed by atoms with van der Waals surface area (Å²) in [6.45, 7) is 6.94. The van der Waals surface area contributed by atoms with Crippen LogP contribution >= 0.6 is 11.3 Å². The van der Waals surface area contributed by atoms with Crippen molar-refractivity contribution in [2.45, 2.75) is 13.5 Å². The Morgan fingerprint density at radius 3 is 2.54 bits per heavy atom. The predicted octanol–water partition coefficient (Wildman–Crippen LogP) is 3.39. The van der Waals surface area contributed by atoms with E-state index in [2.05, 4.69) is 52.0 Å². The first-order valence-electron chi connectivity index (χ1n) is 9.71. The number of benzene rings is 2. The van der Waals surface area contributed by atoms with Gasteiger partial charge in [-0.2, -0.15) is 0 Å². The van der Waals surface area contributed by atoms with E-state index < -0.39 is 0 Å². The van der Waals surface area contributed by atoms with Gasteiger partial charge in [0.05, 0.1) is 23.3 Å². The van der Waals surface area contributed by atoms with Crippen LogP contribution in [0.3, 0.4) is 0 Å². The quantitative estimate of drug-likeness (QED) is 0.665. The molecule has 1 aliphatic heterocycles. The number of amides is 1. The van der Waals surface area contributed by atoms with Gasteiger partial charge in [-0.3, -0.25) is 9.69 Å². The van der Waals surface area contributed by atoms with Crippen molar-refractivity contribution in [1.82, 2.24) is 14.8 Å². The summed E-state index contributed by atoms with van der Waals surface area (Å²) in [5.41, 5.74) is 3.62. The van der Waals surface area contributed by atoms with E-state index >= 15 is 0 Å². The van der Waals surface area contributed by atoms with Gasteiger partial charge >= 0.3 is 0 Å². The number of likely N-dealkylation sites (N-methyl/N-ethyl adjacent to an activating group) is 1. The molecule has 0 radical (unpaired) electrons. The van der Waals surface area contributed by atoms with Crippen LogP contribution in [0.4, 0.5) is 5.69 Å². The lowest BCUT2D eigenvalue weighted by molar-refractivity contribution is -0.131. The zero-order valence-corrected chi connectivity index (χ0v) is 17.3. The molecule has 0 bridgehead atoms. The van der Waals surface area contributed by atoms with Crippen LogP contribution in [0, 0.1) is 6.92 Å². The molecule has 1 amide bonds. The fourth-order valence-electron chi connectivity index (χ4n) is 3.66. The molecule has 146 valence electrons. The van der Waals surface area contributed by atoms with Crippen LogP contribution < -0.4 is 4.90 Å². The van der Waals surface area contributed by atoms with Crippen molar-refractivity contribution in [2.24, 2.45) is 0 Å². The smallest absolute Gasteiger partial charge is 0.236 e. The summed E-state index contributed by atoms with van der Waals surface area (Å²) in [5.74, 6) is 0.156. The number of rotatable bonds is 5. The Kier molecular flexibility index (Phi) is 5.59. The number of hydrogen-bond acceptors (Lipinski definition) is 5. The molecule has 2 heterocycles. The summed E-state index contributed by atoms with van der Waals surface area (Å²) in [4.78, 5) is 23.8. The lowest BCUT2D eigenvalue weighted by Crippen LogP contribution is -2.49. The molecule has 3 aromatic rings. The number of carbonyl (C=O) groups excluding carboxylic acids is 1. The van der Waals surface area contributed by atoms with E-state index in [9.17, 15) is 4.79 Å². The number of thiazole rings is 1. The van der Waals surface area contributed by atoms with Crippen molar-refractivity contribution in [3.05, 3.63) is 59.1 Å². The minimum Gasteiger partial charge on any atom is -0.369 e. The van der Waals surface area contributed by atoms with Gasteiger partial charge in [-0.1, -0.05) is 30.3 Å². The van der Waals surface area contributed by atoms with Crippen molar-refractivity contribution >= 4 is 33.1 Å². The molecule has 1 aliphatic rings. The molecule has 5 nitrogen and oxygen atoms in total. The van der Waals surface area contributed by atoms with Crippen LogP contribution in [0.2, 0.25) is 0 Å². The number of fused-ring (bicyclic) bond motifs is 1. The minimum atomic E-state index is 0.156. The zero-order chi connectivity index (χ0) is 19.5. The topological polar surface area (TPSA) is 39.7 Å². The largest absolute Gasteiger partial charge is 0.369 e. The molecular weight excluding hydrogens is 368 g/mol. The van der Waals surface area contributed by atoms with Crippen LogP contribution in [-0.2, 0) is 11.3 Å². The van der Waals surface area contributed by atoms with E-state index in [1.165, 1.54) is 16.0 Å². The average Bonchev–Trinajstić information content (AvgIpc) is 3.11. The fraction of sp³-hybridized carbons (Fsp3) is 0.364. The maximum atomic E-state index is 12.7. The zero-order valence-electron chi connectivity index (χ0n) is 16.5. The van der Waals surface area contributed by atoms with Crippen molar-refractivity contribution in [2.75, 3.05) is 44.7 Å². The molecule has 28 heavy (non-hydrogen) atoms. The van der Waals surface area contributed by atoms with Crippen molar-refractivity contribution in [3.8, 4) is 0 Å². The Balaban J connectivity index is 1.29. The maximum absolute atomic E-state index is 12.7. The number of anilines is 1. The second kappa shape index (κ2) is 8.29. The summed E-state index contributed by atoms with van der Waals surface area (Å²) in [5, 5.41) is 0.987. The fourth-order valence-corrected chi connectivity index (χ4v) is 4.68. The number of para-hydroxylation sites is 2. The lowest BCUT2D eigenvalue weighted by Gasteiger charge is -2.37. The number of piperazine rings is 1. The van der Waals surface area contributed by atoms with E-state index in [-0.39, 0.29) is 5.91 Å². The van der Waals surface area contributed by atoms with Gasteiger partial charge in [-0.25, -0.2) is 4.98 Å². The van der Waals surface area contributed by atoms with Crippen LogP contribution in [0.1, 0.15) is 10.6 Å². The number of nitrogens with zero attached hydrogens (tertiary/aromatic N) is 4. The van der Waals surface area contributed by atoms with Crippen molar-refractivity contribution in [1.29, 1.82) is 0 Å². The summed E-state index contributed by atoms with van der Waals surface area (Å²) in [7, 11) is 1.87. The maximum Gasteiger partial charge on any atom is 0.236 e. The normalized spacial score (nSPS) is 15.1. The second-order valence-corrected chi connectivity index (χ2v) is 8.49. The molecule has 0 aliphatic carbocycles. The highest BCUT2D eigenvalue weighted by atomic mass is 32.1. The third-order valence-electron chi connectivity index (χ3n) is 5.32. The molecule has 2 aromatic carbocycles. The number of hydrogen-bond donors (Lipinski definition) is 0. The summed E-state index contributed by atoms with van der Waals surface area (Å²) in [6, 6.07) is 16.6. The number of aryl methyl sites for hydroxylation is 1. The van der Waals surface area contributed by atoms with Crippen molar-refractivity contribution in [3.63, 3.8) is 0 Å². The van der Waals surface area contributed by atoms with E-state index in [0.29, 0.717) is 13.1 Å². The third-order valence-corrected chi connectivity index (χ3v) is 6.34. The van der Waals surface area contributed by atoms with Gasteiger partial charge in [0.2, 0.25) is 5.91 Å². The van der Waals surface area contributed by atoms with Crippen LogP contribution in [0.5, 0.6) is 0 Å². The highest BCUT2D eigenvalue weighted by Crippen LogP contribution is 2.23. The van der Waals surface area contributed by atoms with Gasteiger partial charge in [-0.05, 0) is 30.7 Å². The van der Waals surface area contributed by atoms with Gasteiger partial charge in [-0.15, -0.1) is 11.3 Å². The van der Waals surface area contributed by atoms with Gasteiger partial charge in [0, 0.05) is 38.9 Å². The molecule has 4 rings (SSSR count). The third kappa shape index (κ3) is 4.18. The first-order valence-corrected chi connectivity index (χ1v) is 10.5. The molecular formula is C22H26N4OS. The van der Waals surface area contributed by atoms with E-state index in [0.717, 1.165) is 36.7 Å². The van der Waals surface area contributed by atoms with Crippen molar-refractivity contribution < 1.29 is 4.79 Å². The molecule has 0 unspecified atom stereocenters.